The van der Waals surface area contributed by atoms with Gasteiger partial charge in [-0.3, -0.25) is 4.72 Å². The molecule has 0 fully saturated rings. The van der Waals surface area contributed by atoms with Crippen LogP contribution in [0.4, 0.5) is 5.82 Å². The molecule has 2 aromatic rings. The molecule has 0 saturated heterocycles. The van der Waals surface area contributed by atoms with Crippen molar-refractivity contribution < 1.29 is 8.42 Å². The van der Waals surface area contributed by atoms with Crippen LogP contribution >= 0.6 is 49.9 Å². The van der Waals surface area contributed by atoms with E-state index in [1.165, 1.54) is 0 Å². The predicted octanol–water partition coefficient (Wildman–Crippen LogP) is 3.31. The third kappa shape index (κ3) is 3.18. The first-order valence-corrected chi connectivity index (χ1v) is 8.60. The highest BCUT2D eigenvalue weighted by Gasteiger charge is 2.19. The maximum Gasteiger partial charge on any atom is 0.273 e. The zero-order chi connectivity index (χ0) is 12.5. The minimum Gasteiger partial charge on any atom is -0.263 e. The first-order valence-electron chi connectivity index (χ1n) is 4.36. The second-order valence-electron chi connectivity index (χ2n) is 3.02. The number of halogens is 2. The van der Waals surface area contributed by atoms with Gasteiger partial charge in [0.1, 0.15) is 5.82 Å². The van der Waals surface area contributed by atoms with Gasteiger partial charge < -0.3 is 0 Å². The normalized spacial score (nSPS) is 11.4. The third-order valence-corrected chi connectivity index (χ3v) is 6.46. The van der Waals surface area contributed by atoms with Crippen LogP contribution < -0.4 is 4.72 Å². The van der Waals surface area contributed by atoms with Crippen molar-refractivity contribution in [2.45, 2.75) is 4.21 Å². The van der Waals surface area contributed by atoms with E-state index < -0.39 is 10.0 Å². The van der Waals surface area contributed by atoms with Crippen LogP contribution in [0.25, 0.3) is 0 Å². The lowest BCUT2D eigenvalue weighted by atomic mass is 10.5. The van der Waals surface area contributed by atoms with E-state index in [0.29, 0.717) is 10.3 Å². The van der Waals surface area contributed by atoms with Gasteiger partial charge in [0.25, 0.3) is 10.0 Å². The van der Waals surface area contributed by atoms with E-state index in [1.807, 2.05) is 0 Å². The van der Waals surface area contributed by atoms with Crippen LogP contribution in [-0.4, -0.2) is 13.4 Å². The lowest BCUT2D eigenvalue weighted by molar-refractivity contribution is 0.602. The quantitative estimate of drug-likeness (QED) is 0.739. The zero-order valence-corrected chi connectivity index (χ0v) is 13.6. The minimum absolute atomic E-state index is 0.248. The Labute approximate surface area is 125 Å². The van der Waals surface area contributed by atoms with Crippen LogP contribution in [0.3, 0.4) is 0 Å². The summed E-state index contributed by atoms with van der Waals surface area (Å²) < 4.78 is 28.2. The second kappa shape index (κ2) is 5.21. The summed E-state index contributed by atoms with van der Waals surface area (Å²) in [5, 5.41) is 1.71. The highest BCUT2D eigenvalue weighted by atomic mass is 127. The number of hydrogen-bond donors (Lipinski definition) is 1. The Morgan fingerprint density at radius 2 is 2.12 bits per heavy atom. The Morgan fingerprint density at radius 3 is 2.65 bits per heavy atom. The highest BCUT2D eigenvalue weighted by Crippen LogP contribution is 2.28. The van der Waals surface area contributed by atoms with E-state index >= 15 is 0 Å². The Bertz CT molecular complexity index is 625. The number of aromatic nitrogens is 1. The summed E-state index contributed by atoms with van der Waals surface area (Å²) in [6.45, 7) is 0. The van der Waals surface area contributed by atoms with Gasteiger partial charge >= 0.3 is 0 Å². The molecule has 0 aliphatic carbocycles. The Balaban J connectivity index is 2.30. The third-order valence-electron chi connectivity index (χ3n) is 1.79. The summed E-state index contributed by atoms with van der Waals surface area (Å²) in [7, 11) is -3.56. The number of pyridine rings is 1. The molecule has 0 bridgehead atoms. The van der Waals surface area contributed by atoms with Crippen molar-refractivity contribution in [3.8, 4) is 0 Å². The predicted molar refractivity (Wildman–Crippen MR) is 79.8 cm³/mol. The van der Waals surface area contributed by atoms with Crippen molar-refractivity contribution in [1.29, 1.82) is 0 Å². The van der Waals surface area contributed by atoms with Gasteiger partial charge in [-0.1, -0.05) is 0 Å². The van der Waals surface area contributed by atoms with Gasteiger partial charge in [-0.15, -0.1) is 11.3 Å². The number of sulfonamides is 1. The summed E-state index contributed by atoms with van der Waals surface area (Å²) in [5.41, 5.74) is 0. The number of rotatable bonds is 3. The standard InChI is InChI=1S/C9H6BrIN2O2S2/c10-7-3-4-16-9(7)17(14,15)13-8-2-1-6(11)5-12-8/h1-5H,(H,12,13). The van der Waals surface area contributed by atoms with Crippen LogP contribution in [0.5, 0.6) is 0 Å². The Morgan fingerprint density at radius 1 is 1.35 bits per heavy atom. The summed E-state index contributed by atoms with van der Waals surface area (Å²) in [6.07, 6.45) is 1.60. The monoisotopic (exact) mass is 444 g/mol. The second-order valence-corrected chi connectivity index (χ2v) is 7.92. The molecule has 0 radical (unpaired) electrons. The molecule has 0 spiro atoms. The molecular weight excluding hydrogens is 439 g/mol. The summed E-state index contributed by atoms with van der Waals surface area (Å²) in [4.78, 5) is 3.99. The average Bonchev–Trinajstić information content (AvgIpc) is 2.68. The van der Waals surface area contributed by atoms with E-state index in [1.54, 1.807) is 29.8 Å². The van der Waals surface area contributed by atoms with Crippen LogP contribution in [0.15, 0.2) is 38.5 Å². The van der Waals surface area contributed by atoms with Crippen molar-refractivity contribution in [3.63, 3.8) is 0 Å². The van der Waals surface area contributed by atoms with Crippen molar-refractivity contribution in [1.82, 2.24) is 4.98 Å². The van der Waals surface area contributed by atoms with Crippen LogP contribution in [0.2, 0.25) is 0 Å². The number of thiophene rings is 1. The summed E-state index contributed by atoms with van der Waals surface area (Å²) >= 11 is 6.45. The minimum atomic E-state index is -3.56. The van der Waals surface area contributed by atoms with E-state index in [0.717, 1.165) is 14.9 Å². The van der Waals surface area contributed by atoms with E-state index in [9.17, 15) is 8.42 Å². The van der Waals surface area contributed by atoms with Crippen LogP contribution in [0.1, 0.15) is 0 Å². The zero-order valence-electron chi connectivity index (χ0n) is 8.22. The molecule has 2 aromatic heterocycles. The molecule has 0 aliphatic heterocycles. The SMILES string of the molecule is O=S(=O)(Nc1ccc(I)cn1)c1sccc1Br. The van der Waals surface area contributed by atoms with Gasteiger partial charge in [0.2, 0.25) is 0 Å². The lowest BCUT2D eigenvalue weighted by Crippen LogP contribution is -2.12. The fraction of sp³-hybridized carbons (Fsp3) is 0. The van der Waals surface area contributed by atoms with Gasteiger partial charge in [-0.05, 0) is 62.1 Å². The van der Waals surface area contributed by atoms with E-state index in [-0.39, 0.29) is 4.21 Å². The molecule has 2 rings (SSSR count). The van der Waals surface area contributed by atoms with Crippen LogP contribution in [-0.2, 0) is 10.0 Å². The molecular formula is C9H6BrIN2O2S2. The summed E-state index contributed by atoms with van der Waals surface area (Å²) in [5.74, 6) is 0.311. The summed E-state index contributed by atoms with van der Waals surface area (Å²) in [6, 6.07) is 5.11. The van der Waals surface area contributed by atoms with Crippen molar-refractivity contribution in [2.75, 3.05) is 4.72 Å². The van der Waals surface area contributed by atoms with Crippen molar-refractivity contribution in [3.05, 3.63) is 37.8 Å². The number of anilines is 1. The number of hydrogen-bond acceptors (Lipinski definition) is 4. The van der Waals surface area contributed by atoms with Crippen molar-refractivity contribution in [2.24, 2.45) is 0 Å². The molecule has 2 heterocycles. The average molecular weight is 445 g/mol. The molecule has 90 valence electrons. The van der Waals surface area contributed by atoms with Crippen molar-refractivity contribution >= 4 is 65.7 Å². The largest absolute Gasteiger partial charge is 0.273 e. The molecule has 4 nitrogen and oxygen atoms in total. The molecule has 17 heavy (non-hydrogen) atoms. The first kappa shape index (κ1) is 13.2. The number of nitrogens with one attached hydrogen (secondary N) is 1. The maximum absolute atomic E-state index is 12.0. The Kier molecular flexibility index (Phi) is 4.06. The molecule has 0 saturated carbocycles. The number of nitrogens with zero attached hydrogens (tertiary/aromatic N) is 1. The molecule has 0 aromatic carbocycles. The molecule has 0 unspecified atom stereocenters. The lowest BCUT2D eigenvalue weighted by Gasteiger charge is -2.05. The van der Waals surface area contributed by atoms with Gasteiger partial charge in [0, 0.05) is 14.2 Å². The molecule has 0 atom stereocenters. The molecule has 0 amide bonds. The van der Waals surface area contributed by atoms with Crippen LogP contribution in [0, 0.1) is 3.57 Å². The fourth-order valence-electron chi connectivity index (χ4n) is 1.09. The highest BCUT2D eigenvalue weighted by molar-refractivity contribution is 14.1. The van der Waals surface area contributed by atoms with Gasteiger partial charge in [-0.2, -0.15) is 0 Å². The first-order chi connectivity index (χ1) is 7.99. The van der Waals surface area contributed by atoms with E-state index in [2.05, 4.69) is 48.2 Å². The topological polar surface area (TPSA) is 59.1 Å². The van der Waals surface area contributed by atoms with Gasteiger partial charge in [0.05, 0.1) is 0 Å². The Hall–Kier alpha value is -0.190. The van der Waals surface area contributed by atoms with E-state index in [4.69, 9.17) is 0 Å². The molecule has 8 heteroatoms. The fourth-order valence-corrected chi connectivity index (χ4v) is 4.76. The molecule has 0 aliphatic rings. The molecule has 1 N–H and O–H groups in total. The van der Waals surface area contributed by atoms with Gasteiger partial charge in [0.15, 0.2) is 4.21 Å². The maximum atomic E-state index is 12.0. The smallest absolute Gasteiger partial charge is 0.263 e. The van der Waals surface area contributed by atoms with Gasteiger partial charge in [-0.25, -0.2) is 13.4 Å².